The molecule has 0 saturated heterocycles. The summed E-state index contributed by atoms with van der Waals surface area (Å²) < 4.78 is 1.67. The summed E-state index contributed by atoms with van der Waals surface area (Å²) in [7, 11) is 0. The molecule has 0 aliphatic carbocycles. The highest BCUT2D eigenvalue weighted by molar-refractivity contribution is 5.92. The van der Waals surface area contributed by atoms with Crippen molar-refractivity contribution in [3.05, 3.63) is 78.1 Å². The topological polar surface area (TPSA) is 64.2 Å². The van der Waals surface area contributed by atoms with Crippen molar-refractivity contribution in [1.82, 2.24) is 14.7 Å². The number of aromatic nitrogens is 2. The van der Waals surface area contributed by atoms with Gasteiger partial charge in [-0.15, -0.1) is 0 Å². The van der Waals surface area contributed by atoms with Crippen molar-refractivity contribution in [2.75, 3.05) is 5.73 Å². The van der Waals surface area contributed by atoms with Crippen LogP contribution in [-0.2, 0) is 6.54 Å². The lowest BCUT2D eigenvalue weighted by molar-refractivity contribution is 0.0683. The van der Waals surface area contributed by atoms with E-state index in [9.17, 15) is 4.79 Å². The quantitative estimate of drug-likeness (QED) is 0.726. The Morgan fingerprint density at radius 1 is 1.12 bits per heavy atom. The normalized spacial score (nSPS) is 10.8. The SMILES string of the molecule is CC(C)N(Cc1ccccc1)C(=O)c1ccn(-c2cccc(N)c2)n1. The molecule has 0 fully saturated rings. The molecule has 25 heavy (non-hydrogen) atoms. The molecule has 3 aromatic rings. The van der Waals surface area contributed by atoms with Gasteiger partial charge >= 0.3 is 0 Å². The average molecular weight is 334 g/mol. The maximum Gasteiger partial charge on any atom is 0.274 e. The van der Waals surface area contributed by atoms with E-state index in [1.165, 1.54) is 0 Å². The number of benzene rings is 2. The van der Waals surface area contributed by atoms with E-state index >= 15 is 0 Å². The minimum atomic E-state index is -0.0819. The van der Waals surface area contributed by atoms with E-state index in [4.69, 9.17) is 5.73 Å². The zero-order valence-electron chi connectivity index (χ0n) is 14.5. The van der Waals surface area contributed by atoms with E-state index in [2.05, 4.69) is 5.10 Å². The average Bonchev–Trinajstić information content (AvgIpc) is 3.10. The van der Waals surface area contributed by atoms with E-state index in [-0.39, 0.29) is 11.9 Å². The van der Waals surface area contributed by atoms with Crippen LogP contribution in [0.1, 0.15) is 29.9 Å². The lowest BCUT2D eigenvalue weighted by atomic mass is 10.2. The fraction of sp³-hybridized carbons (Fsp3) is 0.200. The number of carbonyl (C=O) groups excluding carboxylic acids is 1. The molecule has 3 rings (SSSR count). The van der Waals surface area contributed by atoms with Gasteiger partial charge in [-0.2, -0.15) is 5.10 Å². The Balaban J connectivity index is 1.83. The second-order valence-corrected chi connectivity index (χ2v) is 6.25. The first-order chi connectivity index (χ1) is 12.0. The molecule has 2 N–H and O–H groups in total. The molecule has 0 aliphatic heterocycles. The maximum atomic E-state index is 12.9. The van der Waals surface area contributed by atoms with Crippen LogP contribution in [0.4, 0.5) is 5.69 Å². The summed E-state index contributed by atoms with van der Waals surface area (Å²) >= 11 is 0. The van der Waals surface area contributed by atoms with Crippen molar-refractivity contribution >= 4 is 11.6 Å². The second-order valence-electron chi connectivity index (χ2n) is 6.25. The molecule has 128 valence electrons. The fourth-order valence-corrected chi connectivity index (χ4v) is 2.67. The number of nitrogens with zero attached hydrogens (tertiary/aromatic N) is 3. The molecular weight excluding hydrogens is 312 g/mol. The summed E-state index contributed by atoms with van der Waals surface area (Å²) in [5.74, 6) is -0.0819. The van der Waals surface area contributed by atoms with Crippen molar-refractivity contribution in [2.24, 2.45) is 0 Å². The number of nitrogen functional groups attached to an aromatic ring is 1. The van der Waals surface area contributed by atoms with Gasteiger partial charge in [0.15, 0.2) is 5.69 Å². The van der Waals surface area contributed by atoms with Crippen LogP contribution in [0.25, 0.3) is 5.69 Å². The third-order valence-corrected chi connectivity index (χ3v) is 4.02. The fourth-order valence-electron chi connectivity index (χ4n) is 2.67. The zero-order chi connectivity index (χ0) is 17.8. The largest absolute Gasteiger partial charge is 0.399 e. The van der Waals surface area contributed by atoms with Gasteiger partial charge in [-0.25, -0.2) is 4.68 Å². The molecule has 1 aromatic heterocycles. The molecule has 0 atom stereocenters. The van der Waals surface area contributed by atoms with Gasteiger partial charge in [-0.3, -0.25) is 4.79 Å². The molecule has 0 unspecified atom stereocenters. The Labute approximate surface area is 147 Å². The summed E-state index contributed by atoms with van der Waals surface area (Å²) in [6, 6.07) is 19.2. The predicted molar refractivity (Wildman–Crippen MR) is 99.4 cm³/mol. The van der Waals surface area contributed by atoms with Crippen molar-refractivity contribution in [1.29, 1.82) is 0 Å². The molecular formula is C20H22N4O. The summed E-state index contributed by atoms with van der Waals surface area (Å²) in [6.07, 6.45) is 1.78. The molecule has 0 saturated carbocycles. The molecule has 1 amide bonds. The van der Waals surface area contributed by atoms with Crippen molar-refractivity contribution in [2.45, 2.75) is 26.4 Å². The van der Waals surface area contributed by atoms with Crippen molar-refractivity contribution in [3.63, 3.8) is 0 Å². The Morgan fingerprint density at radius 3 is 2.56 bits per heavy atom. The number of hydrogen-bond acceptors (Lipinski definition) is 3. The minimum absolute atomic E-state index is 0.0743. The van der Waals surface area contributed by atoms with Gasteiger partial charge in [0.1, 0.15) is 0 Å². The Bertz CT molecular complexity index is 855. The number of amides is 1. The van der Waals surface area contributed by atoms with Crippen LogP contribution < -0.4 is 5.73 Å². The third-order valence-electron chi connectivity index (χ3n) is 4.02. The Kier molecular flexibility index (Phi) is 4.84. The van der Waals surface area contributed by atoms with Gasteiger partial charge in [0.25, 0.3) is 5.91 Å². The molecule has 2 aromatic carbocycles. The number of rotatable bonds is 5. The zero-order valence-corrected chi connectivity index (χ0v) is 14.5. The lowest BCUT2D eigenvalue weighted by Gasteiger charge is -2.26. The highest BCUT2D eigenvalue weighted by Crippen LogP contribution is 2.15. The summed E-state index contributed by atoms with van der Waals surface area (Å²) in [5.41, 5.74) is 8.83. The summed E-state index contributed by atoms with van der Waals surface area (Å²) in [4.78, 5) is 14.7. The van der Waals surface area contributed by atoms with E-state index in [0.717, 1.165) is 11.3 Å². The standard InChI is InChI=1S/C20H22N4O/c1-15(2)23(14-16-7-4-3-5-8-16)20(25)19-11-12-24(22-19)18-10-6-9-17(21)13-18/h3-13,15H,14,21H2,1-2H3. The van der Waals surface area contributed by atoms with E-state index in [0.29, 0.717) is 17.9 Å². The van der Waals surface area contributed by atoms with Gasteiger partial charge in [0.05, 0.1) is 5.69 Å². The predicted octanol–water partition coefficient (Wildman–Crippen LogP) is 3.51. The first-order valence-electron chi connectivity index (χ1n) is 8.31. The molecule has 0 radical (unpaired) electrons. The van der Waals surface area contributed by atoms with Gasteiger partial charge in [-0.1, -0.05) is 36.4 Å². The van der Waals surface area contributed by atoms with Crippen molar-refractivity contribution in [3.8, 4) is 5.69 Å². The van der Waals surface area contributed by atoms with Crippen LogP contribution in [0, 0.1) is 0 Å². The van der Waals surface area contributed by atoms with Gasteiger partial charge in [0, 0.05) is 24.5 Å². The molecule has 5 heteroatoms. The van der Waals surface area contributed by atoms with E-state index < -0.39 is 0 Å². The lowest BCUT2D eigenvalue weighted by Crippen LogP contribution is -2.36. The number of nitrogens with two attached hydrogens (primary N) is 1. The van der Waals surface area contributed by atoms with Gasteiger partial charge < -0.3 is 10.6 Å². The molecule has 1 heterocycles. The second kappa shape index (κ2) is 7.21. The van der Waals surface area contributed by atoms with Crippen LogP contribution in [0.2, 0.25) is 0 Å². The number of carbonyl (C=O) groups is 1. The van der Waals surface area contributed by atoms with Crippen LogP contribution in [0.15, 0.2) is 66.9 Å². The smallest absolute Gasteiger partial charge is 0.274 e. The van der Waals surface area contributed by atoms with Crippen LogP contribution in [0.3, 0.4) is 0 Å². The Morgan fingerprint density at radius 2 is 1.88 bits per heavy atom. The van der Waals surface area contributed by atoms with Crippen LogP contribution in [0.5, 0.6) is 0 Å². The monoisotopic (exact) mass is 334 g/mol. The molecule has 0 aliphatic rings. The summed E-state index contributed by atoms with van der Waals surface area (Å²) in [6.45, 7) is 4.58. The summed E-state index contributed by atoms with van der Waals surface area (Å²) in [5, 5.41) is 4.44. The van der Waals surface area contributed by atoms with E-state index in [1.54, 1.807) is 16.9 Å². The molecule has 5 nitrogen and oxygen atoms in total. The Hall–Kier alpha value is -3.08. The van der Waals surface area contributed by atoms with Crippen molar-refractivity contribution < 1.29 is 4.79 Å². The number of anilines is 1. The maximum absolute atomic E-state index is 12.9. The van der Waals surface area contributed by atoms with E-state index in [1.807, 2.05) is 73.3 Å². The van der Waals surface area contributed by atoms with Crippen LogP contribution in [-0.4, -0.2) is 26.6 Å². The first-order valence-corrected chi connectivity index (χ1v) is 8.31. The van der Waals surface area contributed by atoms with Gasteiger partial charge in [0.2, 0.25) is 0 Å². The number of hydrogen-bond donors (Lipinski definition) is 1. The third kappa shape index (κ3) is 3.88. The minimum Gasteiger partial charge on any atom is -0.399 e. The van der Waals surface area contributed by atoms with Crippen LogP contribution >= 0.6 is 0 Å². The highest BCUT2D eigenvalue weighted by atomic mass is 16.2. The highest BCUT2D eigenvalue weighted by Gasteiger charge is 2.21. The first kappa shape index (κ1) is 16.8. The van der Waals surface area contributed by atoms with Gasteiger partial charge in [-0.05, 0) is 43.7 Å². The molecule has 0 spiro atoms. The molecule has 0 bridgehead atoms.